The first kappa shape index (κ1) is 17.7. The van der Waals surface area contributed by atoms with Gasteiger partial charge in [0.15, 0.2) is 11.5 Å². The maximum Gasteiger partial charge on any atom is 0.275 e. The predicted octanol–water partition coefficient (Wildman–Crippen LogP) is 3.35. The van der Waals surface area contributed by atoms with Crippen molar-refractivity contribution < 1.29 is 23.7 Å². The minimum Gasteiger partial charge on any atom is -0.496 e. The summed E-state index contributed by atoms with van der Waals surface area (Å²) in [5.74, 6) is 1.79. The van der Waals surface area contributed by atoms with Gasteiger partial charge in [-0.05, 0) is 35.0 Å². The zero-order valence-corrected chi connectivity index (χ0v) is 15.4. The van der Waals surface area contributed by atoms with Gasteiger partial charge in [-0.3, -0.25) is 4.79 Å². The third-order valence-corrected chi connectivity index (χ3v) is 4.37. The Hall–Kier alpha value is -3.74. The van der Waals surface area contributed by atoms with E-state index in [0.717, 1.165) is 10.8 Å². The van der Waals surface area contributed by atoms with Gasteiger partial charge in [-0.2, -0.15) is 5.10 Å². The molecule has 1 aliphatic rings. The van der Waals surface area contributed by atoms with E-state index in [1.807, 2.05) is 30.3 Å². The zero-order chi connectivity index (χ0) is 19.5. The summed E-state index contributed by atoms with van der Waals surface area (Å²) in [6, 6.07) is 14.9. The van der Waals surface area contributed by atoms with E-state index in [0.29, 0.717) is 34.1 Å². The lowest BCUT2D eigenvalue weighted by Crippen LogP contribution is -2.18. The van der Waals surface area contributed by atoms with Crippen molar-refractivity contribution >= 4 is 22.9 Å². The SMILES string of the molecule is COc1cc2ccccc2cc1C(=O)N/N=C\c1cc(OC)c2c(c1)OCO2. The minimum absolute atomic E-state index is 0.144. The largest absolute Gasteiger partial charge is 0.496 e. The lowest BCUT2D eigenvalue weighted by molar-refractivity contribution is 0.0952. The smallest absolute Gasteiger partial charge is 0.275 e. The van der Waals surface area contributed by atoms with Gasteiger partial charge in [0.25, 0.3) is 5.91 Å². The molecule has 0 fully saturated rings. The van der Waals surface area contributed by atoms with Crippen LogP contribution < -0.4 is 24.4 Å². The number of amides is 1. The highest BCUT2D eigenvalue weighted by molar-refractivity contribution is 6.02. The topological polar surface area (TPSA) is 78.4 Å². The standard InChI is InChI=1S/C21H18N2O5/c1-25-17-10-15-6-4-3-5-14(15)9-16(17)21(24)23-22-11-13-7-18(26-2)20-19(8-13)27-12-28-20/h3-11H,12H2,1-2H3,(H,23,24)/b22-11-. The van der Waals surface area contributed by atoms with E-state index >= 15 is 0 Å². The number of fused-ring (bicyclic) bond motifs is 2. The number of hydrogen-bond acceptors (Lipinski definition) is 6. The predicted molar refractivity (Wildman–Crippen MR) is 105 cm³/mol. The van der Waals surface area contributed by atoms with Crippen LogP contribution in [0.2, 0.25) is 0 Å². The van der Waals surface area contributed by atoms with Crippen molar-refractivity contribution in [3.05, 3.63) is 59.7 Å². The molecular weight excluding hydrogens is 360 g/mol. The van der Waals surface area contributed by atoms with Gasteiger partial charge in [-0.1, -0.05) is 24.3 Å². The second-order valence-electron chi connectivity index (χ2n) is 6.06. The lowest BCUT2D eigenvalue weighted by atomic mass is 10.1. The van der Waals surface area contributed by atoms with Crippen LogP contribution in [0.25, 0.3) is 10.8 Å². The minimum atomic E-state index is -0.369. The van der Waals surface area contributed by atoms with E-state index in [4.69, 9.17) is 18.9 Å². The molecule has 1 heterocycles. The number of nitrogens with zero attached hydrogens (tertiary/aromatic N) is 1. The molecule has 1 N–H and O–H groups in total. The van der Waals surface area contributed by atoms with Crippen molar-refractivity contribution in [2.24, 2.45) is 5.10 Å². The summed E-state index contributed by atoms with van der Waals surface area (Å²) in [7, 11) is 3.08. The maximum atomic E-state index is 12.6. The van der Waals surface area contributed by atoms with E-state index in [-0.39, 0.29) is 12.7 Å². The Morgan fingerprint density at radius 1 is 1.04 bits per heavy atom. The van der Waals surface area contributed by atoms with Crippen molar-refractivity contribution in [2.45, 2.75) is 0 Å². The average Bonchev–Trinajstić information content (AvgIpc) is 3.20. The molecule has 7 nitrogen and oxygen atoms in total. The first-order valence-corrected chi connectivity index (χ1v) is 8.57. The molecule has 0 saturated carbocycles. The normalized spacial score (nSPS) is 12.4. The molecule has 28 heavy (non-hydrogen) atoms. The first-order chi connectivity index (χ1) is 13.7. The number of nitrogens with one attached hydrogen (secondary N) is 1. The van der Waals surface area contributed by atoms with Gasteiger partial charge >= 0.3 is 0 Å². The number of ether oxygens (including phenoxy) is 4. The highest BCUT2D eigenvalue weighted by Gasteiger charge is 2.19. The molecule has 1 aliphatic heterocycles. The third kappa shape index (κ3) is 3.29. The summed E-state index contributed by atoms with van der Waals surface area (Å²) in [5.41, 5.74) is 3.63. The van der Waals surface area contributed by atoms with Crippen LogP contribution in [0.1, 0.15) is 15.9 Å². The van der Waals surface area contributed by atoms with Crippen LogP contribution >= 0.6 is 0 Å². The van der Waals surface area contributed by atoms with Crippen LogP contribution in [-0.4, -0.2) is 33.1 Å². The van der Waals surface area contributed by atoms with E-state index in [9.17, 15) is 4.79 Å². The molecule has 0 unspecified atom stereocenters. The number of carbonyl (C=O) groups excluding carboxylic acids is 1. The van der Waals surface area contributed by atoms with Gasteiger partial charge in [-0.15, -0.1) is 0 Å². The van der Waals surface area contributed by atoms with E-state index < -0.39 is 0 Å². The summed E-state index contributed by atoms with van der Waals surface area (Å²) in [6.45, 7) is 0.144. The van der Waals surface area contributed by atoms with Crippen molar-refractivity contribution in [1.82, 2.24) is 5.43 Å². The molecule has 3 aromatic carbocycles. The second kappa shape index (κ2) is 7.48. The highest BCUT2D eigenvalue weighted by atomic mass is 16.7. The summed E-state index contributed by atoms with van der Waals surface area (Å²) in [6.07, 6.45) is 1.51. The van der Waals surface area contributed by atoms with Gasteiger partial charge in [0.1, 0.15) is 5.75 Å². The zero-order valence-electron chi connectivity index (χ0n) is 15.4. The van der Waals surface area contributed by atoms with Gasteiger partial charge in [-0.25, -0.2) is 5.43 Å². The number of carbonyl (C=O) groups is 1. The Bertz CT molecular complexity index is 1080. The number of rotatable bonds is 5. The molecule has 0 bridgehead atoms. The fourth-order valence-electron chi connectivity index (χ4n) is 3.02. The van der Waals surface area contributed by atoms with Crippen LogP contribution in [0, 0.1) is 0 Å². The van der Waals surface area contributed by atoms with Crippen molar-refractivity contribution in [3.8, 4) is 23.0 Å². The van der Waals surface area contributed by atoms with E-state index in [1.54, 1.807) is 25.3 Å². The molecule has 0 atom stereocenters. The van der Waals surface area contributed by atoms with Crippen molar-refractivity contribution in [2.75, 3.05) is 21.0 Å². The maximum absolute atomic E-state index is 12.6. The molecule has 0 spiro atoms. The average molecular weight is 378 g/mol. The van der Waals surface area contributed by atoms with Crippen LogP contribution in [0.15, 0.2) is 53.6 Å². The summed E-state index contributed by atoms with van der Waals surface area (Å²) in [5, 5.41) is 5.98. The number of methoxy groups -OCH3 is 2. The Labute approximate surface area is 161 Å². The van der Waals surface area contributed by atoms with E-state index in [1.165, 1.54) is 13.3 Å². The molecule has 0 aliphatic carbocycles. The molecule has 142 valence electrons. The molecule has 0 aromatic heterocycles. The fraction of sp³-hybridized carbons (Fsp3) is 0.143. The lowest BCUT2D eigenvalue weighted by Gasteiger charge is -2.09. The first-order valence-electron chi connectivity index (χ1n) is 8.57. The third-order valence-electron chi connectivity index (χ3n) is 4.37. The molecule has 7 heteroatoms. The van der Waals surface area contributed by atoms with Gasteiger partial charge in [0, 0.05) is 5.56 Å². The van der Waals surface area contributed by atoms with Crippen LogP contribution in [-0.2, 0) is 0 Å². The highest BCUT2D eigenvalue weighted by Crippen LogP contribution is 2.41. The Morgan fingerprint density at radius 2 is 1.79 bits per heavy atom. The van der Waals surface area contributed by atoms with Crippen molar-refractivity contribution in [1.29, 1.82) is 0 Å². The molecule has 3 aromatic rings. The van der Waals surface area contributed by atoms with Crippen LogP contribution in [0.5, 0.6) is 23.0 Å². The number of benzene rings is 3. The van der Waals surface area contributed by atoms with Gasteiger partial charge in [0.05, 0.1) is 26.0 Å². The quantitative estimate of drug-likeness (QED) is 0.544. The van der Waals surface area contributed by atoms with Crippen LogP contribution in [0.3, 0.4) is 0 Å². The summed E-state index contributed by atoms with van der Waals surface area (Å²) < 4.78 is 21.4. The molecule has 0 saturated heterocycles. The summed E-state index contributed by atoms with van der Waals surface area (Å²) in [4.78, 5) is 12.6. The van der Waals surface area contributed by atoms with Gasteiger partial charge in [0.2, 0.25) is 12.5 Å². The van der Waals surface area contributed by atoms with Gasteiger partial charge < -0.3 is 18.9 Å². The summed E-state index contributed by atoms with van der Waals surface area (Å²) >= 11 is 0. The number of hydrogen-bond donors (Lipinski definition) is 1. The Balaban J connectivity index is 1.55. The van der Waals surface area contributed by atoms with Crippen LogP contribution in [0.4, 0.5) is 0 Å². The van der Waals surface area contributed by atoms with E-state index in [2.05, 4.69) is 10.5 Å². The monoisotopic (exact) mass is 378 g/mol. The molecule has 0 radical (unpaired) electrons. The molecular formula is C21H18N2O5. The van der Waals surface area contributed by atoms with Crippen molar-refractivity contribution in [3.63, 3.8) is 0 Å². The molecule has 4 rings (SSSR count). The Morgan fingerprint density at radius 3 is 2.54 bits per heavy atom. The second-order valence-corrected chi connectivity index (χ2v) is 6.06. The fourth-order valence-corrected chi connectivity index (χ4v) is 3.02. The Kier molecular flexibility index (Phi) is 4.72. The molecule has 1 amide bonds. The number of hydrazone groups is 1.